The molecule has 1 heterocycles. The van der Waals surface area contributed by atoms with Gasteiger partial charge in [-0.3, -0.25) is 24.0 Å². The Morgan fingerprint density at radius 2 is 1.16 bits per heavy atom. The van der Waals surface area contributed by atoms with E-state index in [4.69, 9.17) is 18.9 Å². The molecule has 6 saturated carbocycles. The van der Waals surface area contributed by atoms with Crippen LogP contribution in [0.25, 0.3) is 0 Å². The molecule has 10 nitrogen and oxygen atoms in total. The Hall–Kier alpha value is -2.49. The van der Waals surface area contributed by atoms with Crippen LogP contribution in [0.3, 0.4) is 0 Å². The minimum atomic E-state index is -0.657. The van der Waals surface area contributed by atoms with Gasteiger partial charge in [-0.15, -0.1) is 0 Å². The zero-order chi connectivity index (χ0) is 30.5. The van der Waals surface area contributed by atoms with E-state index in [1.165, 1.54) is 14.2 Å². The van der Waals surface area contributed by atoms with E-state index in [1.54, 1.807) is 6.92 Å². The third-order valence-electron chi connectivity index (χ3n) is 14.0. The highest BCUT2D eigenvalue weighted by atomic mass is 16.6. The van der Waals surface area contributed by atoms with Crippen LogP contribution < -0.4 is 0 Å². The molecule has 236 valence electrons. The fourth-order valence-corrected chi connectivity index (χ4v) is 12.8. The number of carbonyl (C=O) groups excluding carboxylic acids is 5. The minimum absolute atomic E-state index is 0.0174. The molecule has 0 aromatic heterocycles. The summed E-state index contributed by atoms with van der Waals surface area (Å²) in [5.74, 6) is -1.94. The molecule has 0 aromatic rings. The van der Waals surface area contributed by atoms with Crippen molar-refractivity contribution in [2.24, 2.45) is 101 Å². The quantitative estimate of drug-likeness (QED) is 0.201. The van der Waals surface area contributed by atoms with Crippen molar-refractivity contribution in [2.75, 3.05) is 21.0 Å². The van der Waals surface area contributed by atoms with Crippen LogP contribution in [-0.2, 0) is 42.9 Å². The van der Waals surface area contributed by atoms with E-state index in [-0.39, 0.29) is 88.9 Å². The van der Waals surface area contributed by atoms with Crippen molar-refractivity contribution in [3.63, 3.8) is 0 Å². The van der Waals surface area contributed by atoms with E-state index in [9.17, 15) is 29.1 Å². The lowest BCUT2D eigenvalue weighted by Gasteiger charge is -2.51. The summed E-state index contributed by atoms with van der Waals surface area (Å²) in [5.41, 5.74) is 0. The summed E-state index contributed by atoms with van der Waals surface area (Å²) in [6.07, 6.45) is 4.89. The molecule has 6 aliphatic carbocycles. The number of hydrogen-bond acceptors (Lipinski definition) is 10. The van der Waals surface area contributed by atoms with Gasteiger partial charge in [0.1, 0.15) is 0 Å². The molecule has 1 aliphatic heterocycles. The van der Waals surface area contributed by atoms with Crippen LogP contribution in [-0.4, -0.2) is 56.0 Å². The number of fused-ring (bicyclic) bond motifs is 6. The molecule has 10 heteroatoms. The van der Waals surface area contributed by atoms with Gasteiger partial charge in [0.15, 0.2) is 6.79 Å². The summed E-state index contributed by atoms with van der Waals surface area (Å²) in [4.78, 5) is 65.0. The second-order valence-electron chi connectivity index (χ2n) is 14.9. The van der Waals surface area contributed by atoms with E-state index in [2.05, 4.69) is 6.92 Å². The molecular formula is C33H44O10. The first-order valence-electron chi connectivity index (χ1n) is 16.3. The van der Waals surface area contributed by atoms with Crippen molar-refractivity contribution in [3.05, 3.63) is 0 Å². The highest BCUT2D eigenvalue weighted by molar-refractivity contribution is 5.96. The number of esters is 5. The molecule has 0 amide bonds. The van der Waals surface area contributed by atoms with Gasteiger partial charge in [0, 0.05) is 0 Å². The van der Waals surface area contributed by atoms with Crippen LogP contribution in [0.4, 0.5) is 0 Å². The average molecular weight is 601 g/mol. The first-order valence-corrected chi connectivity index (χ1v) is 16.3. The zero-order valence-corrected chi connectivity index (χ0v) is 25.4. The van der Waals surface area contributed by atoms with Crippen molar-refractivity contribution in [1.29, 1.82) is 0 Å². The molecule has 0 radical (unpaired) electrons. The van der Waals surface area contributed by atoms with Crippen LogP contribution in [0.15, 0.2) is 0 Å². The first kappa shape index (κ1) is 29.2. The molecule has 0 aromatic carbocycles. The van der Waals surface area contributed by atoms with Crippen LogP contribution in [0.2, 0.25) is 0 Å². The SMILES string of the molecule is COC(=O)C1CC2CC1C(C1C3CC(C(=O)OCO)C(C3)C1C1C3CC(C(=O)OC)C(C3)C1C1C(=O)OC(=O)C1C)C2C. The summed E-state index contributed by atoms with van der Waals surface area (Å²) in [6.45, 7) is 3.42. The lowest BCUT2D eigenvalue weighted by Crippen LogP contribution is -2.50. The van der Waals surface area contributed by atoms with Gasteiger partial charge in [-0.1, -0.05) is 13.8 Å². The number of ether oxygens (including phenoxy) is 4. The standard InChI is InChI=1S/C33H44O10/c1-12-14-5-17(20(6-14)30(36)40-3)23(12)25-15-7-19(22(10-15)32(38)42-11-34)28(25)26-16-8-18(21(9-16)31(37)41-4)27(26)24-13(2)29(35)43-33(24)39/h12-28,34H,5-11H2,1-4H3. The highest BCUT2D eigenvalue weighted by Gasteiger charge is 2.70. The van der Waals surface area contributed by atoms with Gasteiger partial charge in [-0.05, 0) is 110 Å². The molecule has 7 rings (SSSR count). The normalized spacial score (nSPS) is 50.8. The fourth-order valence-electron chi connectivity index (χ4n) is 12.8. The van der Waals surface area contributed by atoms with Gasteiger partial charge in [0.05, 0.1) is 43.8 Å². The maximum atomic E-state index is 13.3. The monoisotopic (exact) mass is 600 g/mol. The molecular weight excluding hydrogens is 556 g/mol. The van der Waals surface area contributed by atoms with Crippen LogP contribution in [0.1, 0.15) is 52.4 Å². The van der Waals surface area contributed by atoms with Crippen molar-refractivity contribution >= 4 is 29.8 Å². The lowest BCUT2D eigenvalue weighted by molar-refractivity contribution is -0.164. The number of hydrogen-bond donors (Lipinski definition) is 1. The number of aliphatic hydroxyl groups is 1. The van der Waals surface area contributed by atoms with E-state index >= 15 is 0 Å². The van der Waals surface area contributed by atoms with E-state index < -0.39 is 30.6 Å². The Kier molecular flexibility index (Phi) is 7.18. The van der Waals surface area contributed by atoms with Crippen LogP contribution >= 0.6 is 0 Å². The van der Waals surface area contributed by atoms with E-state index in [0.717, 1.165) is 25.7 Å². The Morgan fingerprint density at radius 3 is 1.67 bits per heavy atom. The van der Waals surface area contributed by atoms with Crippen molar-refractivity contribution < 1.29 is 48.0 Å². The summed E-state index contributed by atoms with van der Waals surface area (Å²) >= 11 is 0. The molecule has 0 spiro atoms. The summed E-state index contributed by atoms with van der Waals surface area (Å²) in [7, 11) is 2.86. The van der Waals surface area contributed by atoms with Crippen molar-refractivity contribution in [1.82, 2.24) is 0 Å². The molecule has 6 bridgehead atoms. The molecule has 7 fully saturated rings. The number of aliphatic hydroxyl groups excluding tert-OH is 1. The number of carbonyl (C=O) groups is 5. The maximum Gasteiger partial charge on any atom is 0.317 e. The minimum Gasteiger partial charge on any atom is -0.469 e. The molecule has 7 aliphatic rings. The second-order valence-corrected chi connectivity index (χ2v) is 14.9. The van der Waals surface area contributed by atoms with E-state index in [1.807, 2.05) is 0 Å². The van der Waals surface area contributed by atoms with Crippen molar-refractivity contribution in [2.45, 2.75) is 52.4 Å². The van der Waals surface area contributed by atoms with Gasteiger partial charge >= 0.3 is 29.8 Å². The predicted molar refractivity (Wildman–Crippen MR) is 147 cm³/mol. The fraction of sp³-hybridized carbons (Fsp3) is 0.848. The second kappa shape index (κ2) is 10.6. The Morgan fingerprint density at radius 1 is 0.674 bits per heavy atom. The average Bonchev–Trinajstić information content (AvgIpc) is 3.84. The van der Waals surface area contributed by atoms with Gasteiger partial charge in [0.25, 0.3) is 0 Å². The van der Waals surface area contributed by atoms with Gasteiger partial charge < -0.3 is 24.1 Å². The first-order chi connectivity index (χ1) is 20.6. The summed E-state index contributed by atoms with van der Waals surface area (Å²) in [6, 6.07) is 0. The number of cyclic esters (lactones) is 2. The Balaban J connectivity index is 1.30. The molecule has 1 N–H and O–H groups in total. The number of rotatable bonds is 7. The smallest absolute Gasteiger partial charge is 0.317 e. The molecule has 43 heavy (non-hydrogen) atoms. The van der Waals surface area contributed by atoms with E-state index in [0.29, 0.717) is 30.6 Å². The number of methoxy groups -OCH3 is 2. The molecule has 1 saturated heterocycles. The largest absolute Gasteiger partial charge is 0.469 e. The molecule has 17 unspecified atom stereocenters. The Bertz CT molecular complexity index is 1210. The Labute approximate surface area is 251 Å². The maximum absolute atomic E-state index is 13.3. The van der Waals surface area contributed by atoms with Crippen molar-refractivity contribution in [3.8, 4) is 0 Å². The lowest BCUT2D eigenvalue weighted by atomic mass is 9.53. The van der Waals surface area contributed by atoms with Gasteiger partial charge in [-0.2, -0.15) is 0 Å². The van der Waals surface area contributed by atoms with Gasteiger partial charge in [-0.25, -0.2) is 0 Å². The molecule has 17 atom stereocenters. The highest BCUT2D eigenvalue weighted by Crippen LogP contribution is 2.72. The van der Waals surface area contributed by atoms with Crippen LogP contribution in [0, 0.1) is 101 Å². The van der Waals surface area contributed by atoms with Crippen LogP contribution in [0.5, 0.6) is 0 Å². The third-order valence-corrected chi connectivity index (χ3v) is 14.0. The topological polar surface area (TPSA) is 143 Å². The van der Waals surface area contributed by atoms with Gasteiger partial charge in [0.2, 0.25) is 0 Å². The zero-order valence-electron chi connectivity index (χ0n) is 25.4. The summed E-state index contributed by atoms with van der Waals surface area (Å²) < 4.78 is 20.8. The predicted octanol–water partition coefficient (Wildman–Crippen LogP) is 2.85. The summed E-state index contributed by atoms with van der Waals surface area (Å²) in [5, 5.41) is 9.43. The third kappa shape index (κ3) is 4.10.